The summed E-state index contributed by atoms with van der Waals surface area (Å²) in [7, 11) is 0. The van der Waals surface area contributed by atoms with Crippen LogP contribution in [-0.4, -0.2) is 34.5 Å². The molecule has 8 nitrogen and oxygen atoms in total. The number of carbonyl (C=O) groups is 1. The molecule has 132 valence electrons. The molecule has 0 amide bonds. The summed E-state index contributed by atoms with van der Waals surface area (Å²) in [6.45, 7) is 1.80. The predicted molar refractivity (Wildman–Crippen MR) is 90.6 cm³/mol. The molecule has 0 heterocycles. The van der Waals surface area contributed by atoms with Gasteiger partial charge in [-0.25, -0.2) is 4.79 Å². The summed E-state index contributed by atoms with van der Waals surface area (Å²) in [4.78, 5) is 33.9. The van der Waals surface area contributed by atoms with Crippen molar-refractivity contribution in [3.63, 3.8) is 0 Å². The lowest BCUT2D eigenvalue weighted by atomic mass is 9.79. The Hall–Kier alpha value is -3.03. The standard InChI is InChI=1S/C17H18N2O6/c1-3-25-16(20)17(2,19(23)24)15(11-18(21)22)14-10-6-8-12-7-4-5-9-13(12)14/h4-10,15H,3,11H2,1-2H3/t15-,17+/m1/s1. The van der Waals surface area contributed by atoms with Crippen LogP contribution in [0.5, 0.6) is 0 Å². The first kappa shape index (κ1) is 18.3. The highest BCUT2D eigenvalue weighted by atomic mass is 16.6. The quantitative estimate of drug-likeness (QED) is 0.433. The van der Waals surface area contributed by atoms with Gasteiger partial charge in [-0.2, -0.15) is 0 Å². The molecule has 0 aliphatic heterocycles. The zero-order chi connectivity index (χ0) is 18.6. The molecule has 0 aromatic heterocycles. The Labute approximate surface area is 143 Å². The first-order chi connectivity index (χ1) is 11.8. The van der Waals surface area contributed by atoms with Crippen molar-refractivity contribution in [3.8, 4) is 0 Å². The van der Waals surface area contributed by atoms with Crippen LogP contribution >= 0.6 is 0 Å². The Balaban J connectivity index is 2.71. The van der Waals surface area contributed by atoms with E-state index in [2.05, 4.69) is 0 Å². The topological polar surface area (TPSA) is 113 Å². The van der Waals surface area contributed by atoms with Gasteiger partial charge in [-0.3, -0.25) is 20.2 Å². The average Bonchev–Trinajstić information content (AvgIpc) is 2.58. The van der Waals surface area contributed by atoms with Crippen LogP contribution in [0.2, 0.25) is 0 Å². The predicted octanol–water partition coefficient (Wildman–Crippen LogP) is 2.80. The number of hydrogen-bond donors (Lipinski definition) is 0. The van der Waals surface area contributed by atoms with Gasteiger partial charge in [0.05, 0.1) is 6.61 Å². The molecule has 0 unspecified atom stereocenters. The van der Waals surface area contributed by atoms with Gasteiger partial charge in [-0.1, -0.05) is 42.5 Å². The van der Waals surface area contributed by atoms with Crippen molar-refractivity contribution < 1.29 is 19.4 Å². The summed E-state index contributed by atoms with van der Waals surface area (Å²) in [5.41, 5.74) is -1.89. The highest BCUT2D eigenvalue weighted by Crippen LogP contribution is 2.36. The second-order valence-electron chi connectivity index (χ2n) is 5.76. The Kier molecular flexibility index (Phi) is 5.31. The minimum atomic E-state index is -2.27. The number of rotatable bonds is 7. The molecular formula is C17H18N2O6. The van der Waals surface area contributed by atoms with Crippen molar-refractivity contribution in [1.29, 1.82) is 0 Å². The number of hydrogen-bond acceptors (Lipinski definition) is 6. The summed E-state index contributed by atoms with van der Waals surface area (Å²) < 4.78 is 4.86. The van der Waals surface area contributed by atoms with Gasteiger partial charge in [-0.15, -0.1) is 0 Å². The van der Waals surface area contributed by atoms with E-state index in [4.69, 9.17) is 4.74 Å². The maximum atomic E-state index is 12.4. The van der Waals surface area contributed by atoms with Gasteiger partial charge < -0.3 is 4.74 Å². The van der Waals surface area contributed by atoms with Crippen molar-refractivity contribution in [2.24, 2.45) is 0 Å². The fourth-order valence-electron chi connectivity index (χ4n) is 2.90. The molecule has 0 bridgehead atoms. The van der Waals surface area contributed by atoms with E-state index in [1.54, 1.807) is 42.5 Å². The maximum absolute atomic E-state index is 12.4. The summed E-state index contributed by atoms with van der Waals surface area (Å²) >= 11 is 0. The molecule has 0 saturated carbocycles. The summed E-state index contributed by atoms with van der Waals surface area (Å²) in [6, 6.07) is 12.1. The molecular weight excluding hydrogens is 328 g/mol. The van der Waals surface area contributed by atoms with Crippen LogP contribution in [-0.2, 0) is 9.53 Å². The lowest BCUT2D eigenvalue weighted by Gasteiger charge is -2.26. The molecule has 2 aromatic carbocycles. The molecule has 2 aromatic rings. The van der Waals surface area contributed by atoms with Crippen LogP contribution in [0.25, 0.3) is 10.8 Å². The van der Waals surface area contributed by atoms with Crippen LogP contribution in [0.15, 0.2) is 42.5 Å². The van der Waals surface area contributed by atoms with Gasteiger partial charge in [0, 0.05) is 16.8 Å². The third kappa shape index (κ3) is 3.42. The number of fused-ring (bicyclic) bond motifs is 1. The molecule has 2 atom stereocenters. The average molecular weight is 346 g/mol. The van der Waals surface area contributed by atoms with Gasteiger partial charge in [0.2, 0.25) is 6.54 Å². The number of nitrogens with zero attached hydrogens (tertiary/aromatic N) is 2. The van der Waals surface area contributed by atoms with E-state index in [0.29, 0.717) is 10.9 Å². The van der Waals surface area contributed by atoms with Crippen molar-refractivity contribution >= 4 is 16.7 Å². The molecule has 0 fully saturated rings. The first-order valence-electron chi connectivity index (χ1n) is 7.73. The molecule has 0 radical (unpaired) electrons. The summed E-state index contributed by atoms with van der Waals surface area (Å²) in [5.74, 6) is -2.36. The van der Waals surface area contributed by atoms with Crippen LogP contribution in [0, 0.1) is 20.2 Å². The van der Waals surface area contributed by atoms with E-state index in [1.807, 2.05) is 0 Å². The number of nitro groups is 2. The largest absolute Gasteiger partial charge is 0.461 e. The Morgan fingerprint density at radius 2 is 1.80 bits per heavy atom. The van der Waals surface area contributed by atoms with E-state index >= 15 is 0 Å². The molecule has 0 N–H and O–H groups in total. The summed E-state index contributed by atoms with van der Waals surface area (Å²) in [6.07, 6.45) is 0. The number of esters is 1. The van der Waals surface area contributed by atoms with Gasteiger partial charge in [0.1, 0.15) is 5.92 Å². The SMILES string of the molecule is CCOC(=O)[C@](C)([C@H](C[N+](=O)[O-])c1cccc2ccccc12)[N+](=O)[O-]. The Morgan fingerprint density at radius 3 is 2.40 bits per heavy atom. The second kappa shape index (κ2) is 7.25. The summed E-state index contributed by atoms with van der Waals surface area (Å²) in [5, 5.41) is 24.4. The number of benzene rings is 2. The highest BCUT2D eigenvalue weighted by Gasteiger charge is 2.57. The van der Waals surface area contributed by atoms with Gasteiger partial charge in [0.15, 0.2) is 0 Å². The van der Waals surface area contributed by atoms with Gasteiger partial charge in [0.25, 0.3) is 0 Å². The van der Waals surface area contributed by atoms with E-state index in [0.717, 1.165) is 12.3 Å². The second-order valence-corrected chi connectivity index (χ2v) is 5.76. The lowest BCUT2D eigenvalue weighted by molar-refractivity contribution is -0.570. The fourth-order valence-corrected chi connectivity index (χ4v) is 2.90. The third-order valence-corrected chi connectivity index (χ3v) is 4.28. The molecule has 0 aliphatic rings. The maximum Gasteiger partial charge on any atom is 0.385 e. The number of carbonyl (C=O) groups excluding carboxylic acids is 1. The minimum absolute atomic E-state index is 0.0526. The van der Waals surface area contributed by atoms with Crippen molar-refractivity contribution in [3.05, 3.63) is 68.3 Å². The first-order valence-corrected chi connectivity index (χ1v) is 7.73. The molecule has 8 heteroatoms. The van der Waals surface area contributed by atoms with Crippen molar-refractivity contribution in [1.82, 2.24) is 0 Å². The lowest BCUT2D eigenvalue weighted by Crippen LogP contribution is -2.51. The molecule has 0 spiro atoms. The molecule has 0 aliphatic carbocycles. The van der Waals surface area contributed by atoms with Gasteiger partial charge in [-0.05, 0) is 23.3 Å². The number of ether oxygens (including phenoxy) is 1. The van der Waals surface area contributed by atoms with Crippen LogP contribution in [0.3, 0.4) is 0 Å². The smallest absolute Gasteiger partial charge is 0.385 e. The fraction of sp³-hybridized carbons (Fsp3) is 0.353. The highest BCUT2D eigenvalue weighted by molar-refractivity contribution is 5.88. The van der Waals surface area contributed by atoms with E-state index in [1.165, 1.54) is 6.92 Å². The Bertz CT molecular complexity index is 816. The zero-order valence-corrected chi connectivity index (χ0v) is 13.9. The van der Waals surface area contributed by atoms with Crippen LogP contribution in [0.1, 0.15) is 25.3 Å². The monoisotopic (exact) mass is 346 g/mol. The normalized spacial score (nSPS) is 14.5. The van der Waals surface area contributed by atoms with E-state index < -0.39 is 33.8 Å². The van der Waals surface area contributed by atoms with Gasteiger partial charge >= 0.3 is 11.5 Å². The van der Waals surface area contributed by atoms with Crippen molar-refractivity contribution in [2.45, 2.75) is 25.3 Å². The Morgan fingerprint density at radius 1 is 1.16 bits per heavy atom. The van der Waals surface area contributed by atoms with E-state index in [-0.39, 0.29) is 6.61 Å². The van der Waals surface area contributed by atoms with Crippen LogP contribution in [0.4, 0.5) is 0 Å². The zero-order valence-electron chi connectivity index (χ0n) is 13.9. The molecule has 0 saturated heterocycles. The van der Waals surface area contributed by atoms with E-state index in [9.17, 15) is 25.0 Å². The van der Waals surface area contributed by atoms with Crippen molar-refractivity contribution in [2.75, 3.05) is 13.2 Å². The molecule has 2 rings (SSSR count). The minimum Gasteiger partial charge on any atom is -0.461 e. The van der Waals surface area contributed by atoms with Crippen LogP contribution < -0.4 is 0 Å². The third-order valence-electron chi connectivity index (χ3n) is 4.28. The molecule has 25 heavy (non-hydrogen) atoms.